The minimum absolute atomic E-state index is 0.138. The maximum Gasteiger partial charge on any atom is 0.183 e. The van der Waals surface area contributed by atoms with Crippen LogP contribution in [0, 0.1) is 5.82 Å². The van der Waals surface area contributed by atoms with Crippen molar-refractivity contribution in [1.82, 2.24) is 24.9 Å². The van der Waals surface area contributed by atoms with Crippen LogP contribution < -0.4 is 4.90 Å². The van der Waals surface area contributed by atoms with Crippen molar-refractivity contribution >= 4 is 16.9 Å². The summed E-state index contributed by atoms with van der Waals surface area (Å²) in [6.45, 7) is 1.32. The van der Waals surface area contributed by atoms with E-state index in [2.05, 4.69) is 24.9 Å². The average Bonchev–Trinajstić information content (AvgIpc) is 3.23. The number of methoxy groups -OCH3 is 1. The zero-order valence-corrected chi connectivity index (χ0v) is 13.2. The molecule has 4 rings (SSSR count). The van der Waals surface area contributed by atoms with Gasteiger partial charge in [0.05, 0.1) is 18.8 Å². The summed E-state index contributed by atoms with van der Waals surface area (Å²) in [7, 11) is 1.66. The summed E-state index contributed by atoms with van der Waals surface area (Å²) in [5, 5.41) is 0.810. The minimum atomic E-state index is -0.419. The molecule has 1 atom stereocenters. The number of hydrogen-bond acceptors (Lipinski definition) is 6. The Bertz CT molecular complexity index is 867. The van der Waals surface area contributed by atoms with E-state index in [4.69, 9.17) is 4.74 Å². The summed E-state index contributed by atoms with van der Waals surface area (Å²) >= 11 is 0. The Morgan fingerprint density at radius 2 is 2.29 bits per heavy atom. The highest BCUT2D eigenvalue weighted by Gasteiger charge is 2.28. The van der Waals surface area contributed by atoms with Crippen LogP contribution in [-0.4, -0.2) is 51.2 Å². The number of rotatable bonds is 4. The van der Waals surface area contributed by atoms with Crippen molar-refractivity contribution in [3.05, 3.63) is 30.7 Å². The molecule has 0 amide bonds. The second-order valence-corrected chi connectivity index (χ2v) is 5.80. The van der Waals surface area contributed by atoms with E-state index in [0.717, 1.165) is 30.3 Å². The maximum atomic E-state index is 14.4. The fraction of sp³-hybridized carbons (Fsp3) is 0.375. The van der Waals surface area contributed by atoms with Gasteiger partial charge in [-0.3, -0.25) is 0 Å². The lowest BCUT2D eigenvalue weighted by Gasteiger charge is -2.25. The van der Waals surface area contributed by atoms with Crippen molar-refractivity contribution in [3.63, 3.8) is 0 Å². The molecule has 0 saturated carbocycles. The van der Waals surface area contributed by atoms with E-state index in [0.29, 0.717) is 23.9 Å². The van der Waals surface area contributed by atoms with Crippen molar-refractivity contribution in [2.75, 3.05) is 25.2 Å². The molecule has 0 unspecified atom stereocenters. The molecule has 1 aliphatic heterocycles. The summed E-state index contributed by atoms with van der Waals surface area (Å²) < 4.78 is 19.6. The van der Waals surface area contributed by atoms with Gasteiger partial charge in [-0.1, -0.05) is 0 Å². The molecule has 124 valence electrons. The molecule has 1 N–H and O–H groups in total. The fourth-order valence-corrected chi connectivity index (χ4v) is 3.21. The summed E-state index contributed by atoms with van der Waals surface area (Å²) in [5.41, 5.74) is 1.46. The molecule has 7 nitrogen and oxygen atoms in total. The van der Waals surface area contributed by atoms with Crippen molar-refractivity contribution in [2.45, 2.75) is 18.9 Å². The summed E-state index contributed by atoms with van der Waals surface area (Å²) in [6.07, 6.45) is 8.13. The highest BCUT2D eigenvalue weighted by molar-refractivity contribution is 5.90. The van der Waals surface area contributed by atoms with Gasteiger partial charge in [0.25, 0.3) is 0 Å². The summed E-state index contributed by atoms with van der Waals surface area (Å²) in [5.74, 6) is 0.360. The first-order valence-electron chi connectivity index (χ1n) is 7.83. The van der Waals surface area contributed by atoms with E-state index in [1.165, 1.54) is 12.5 Å². The summed E-state index contributed by atoms with van der Waals surface area (Å²) in [6, 6.07) is 0.138. The van der Waals surface area contributed by atoms with Gasteiger partial charge >= 0.3 is 0 Å². The molecule has 1 aliphatic rings. The number of hydrogen-bond donors (Lipinski definition) is 1. The zero-order chi connectivity index (χ0) is 16.5. The monoisotopic (exact) mass is 328 g/mol. The van der Waals surface area contributed by atoms with Crippen LogP contribution in [0.2, 0.25) is 0 Å². The molecule has 3 aromatic rings. The second-order valence-electron chi connectivity index (χ2n) is 5.80. The lowest BCUT2D eigenvalue weighted by Crippen LogP contribution is -2.34. The van der Waals surface area contributed by atoms with Crippen LogP contribution in [0.3, 0.4) is 0 Å². The molecule has 3 aromatic heterocycles. The van der Waals surface area contributed by atoms with Gasteiger partial charge in [-0.2, -0.15) is 0 Å². The predicted octanol–water partition coefficient (Wildman–Crippen LogP) is 2.17. The number of nitrogens with one attached hydrogen (secondary N) is 1. The first kappa shape index (κ1) is 14.9. The van der Waals surface area contributed by atoms with Crippen LogP contribution in [-0.2, 0) is 4.74 Å². The SMILES string of the molecule is COC[C@H]1CCCN1c1nc(-c2c[nH]c3ncncc23)ncc1F. The minimum Gasteiger partial charge on any atom is -0.383 e. The van der Waals surface area contributed by atoms with Crippen molar-refractivity contribution in [2.24, 2.45) is 0 Å². The van der Waals surface area contributed by atoms with Gasteiger partial charge in [-0.05, 0) is 12.8 Å². The molecule has 0 radical (unpaired) electrons. The van der Waals surface area contributed by atoms with Crippen LogP contribution in [0.1, 0.15) is 12.8 Å². The van der Waals surface area contributed by atoms with Crippen molar-refractivity contribution in [1.29, 1.82) is 0 Å². The molecule has 0 bridgehead atoms. The number of H-pyrrole nitrogens is 1. The molecular weight excluding hydrogens is 311 g/mol. The highest BCUT2D eigenvalue weighted by Crippen LogP contribution is 2.30. The Labute approximate surface area is 137 Å². The Balaban J connectivity index is 1.76. The van der Waals surface area contributed by atoms with Gasteiger partial charge in [0.1, 0.15) is 12.0 Å². The number of aromatic nitrogens is 5. The predicted molar refractivity (Wildman–Crippen MR) is 87.1 cm³/mol. The largest absolute Gasteiger partial charge is 0.383 e. The smallest absolute Gasteiger partial charge is 0.183 e. The Hall–Kier alpha value is -2.61. The van der Waals surface area contributed by atoms with Gasteiger partial charge in [0.2, 0.25) is 0 Å². The number of aromatic amines is 1. The van der Waals surface area contributed by atoms with Crippen LogP contribution in [0.25, 0.3) is 22.4 Å². The normalized spacial score (nSPS) is 17.8. The quantitative estimate of drug-likeness (QED) is 0.791. The van der Waals surface area contributed by atoms with Gasteiger partial charge < -0.3 is 14.6 Å². The first-order chi connectivity index (χ1) is 11.8. The third-order valence-electron chi connectivity index (χ3n) is 4.33. The van der Waals surface area contributed by atoms with E-state index in [9.17, 15) is 4.39 Å². The molecule has 1 saturated heterocycles. The lowest BCUT2D eigenvalue weighted by molar-refractivity contribution is 0.180. The maximum absolute atomic E-state index is 14.4. The molecule has 4 heterocycles. The summed E-state index contributed by atoms with van der Waals surface area (Å²) in [4.78, 5) is 21.9. The average molecular weight is 328 g/mol. The molecular formula is C16H17FN6O. The standard InChI is InChI=1S/C16H17FN6O/c1-24-8-10-3-2-4-23(10)16-13(17)7-20-15(22-16)12-6-19-14-11(12)5-18-9-21-14/h5-7,9-10H,2-4,8H2,1H3,(H,18,19,21)/t10-/m1/s1. The molecule has 24 heavy (non-hydrogen) atoms. The second kappa shape index (κ2) is 6.12. The van der Waals surface area contributed by atoms with E-state index in [-0.39, 0.29) is 6.04 Å². The van der Waals surface area contributed by atoms with Gasteiger partial charge in [-0.15, -0.1) is 0 Å². The molecule has 8 heteroatoms. The third-order valence-corrected chi connectivity index (χ3v) is 4.33. The number of ether oxygens (including phenoxy) is 1. The number of fused-ring (bicyclic) bond motifs is 1. The van der Waals surface area contributed by atoms with E-state index in [1.807, 2.05) is 4.90 Å². The van der Waals surface area contributed by atoms with E-state index < -0.39 is 5.82 Å². The Morgan fingerprint density at radius 1 is 1.38 bits per heavy atom. The topological polar surface area (TPSA) is 79.8 Å². The van der Waals surface area contributed by atoms with Gasteiger partial charge in [-0.25, -0.2) is 24.3 Å². The molecule has 0 aromatic carbocycles. The van der Waals surface area contributed by atoms with Crippen molar-refractivity contribution in [3.8, 4) is 11.4 Å². The molecule has 0 aliphatic carbocycles. The van der Waals surface area contributed by atoms with Crippen LogP contribution in [0.5, 0.6) is 0 Å². The van der Waals surface area contributed by atoms with Gasteiger partial charge in [0.15, 0.2) is 17.5 Å². The van der Waals surface area contributed by atoms with Gasteiger partial charge in [0, 0.05) is 37.0 Å². The van der Waals surface area contributed by atoms with Crippen LogP contribution in [0.15, 0.2) is 24.9 Å². The fourth-order valence-electron chi connectivity index (χ4n) is 3.21. The molecule has 1 fully saturated rings. The van der Waals surface area contributed by atoms with Crippen LogP contribution in [0.4, 0.5) is 10.2 Å². The van der Waals surface area contributed by atoms with Crippen molar-refractivity contribution < 1.29 is 9.13 Å². The first-order valence-corrected chi connectivity index (χ1v) is 7.83. The number of halogens is 1. The molecule has 0 spiro atoms. The third kappa shape index (κ3) is 2.48. The number of anilines is 1. The van der Waals surface area contributed by atoms with E-state index >= 15 is 0 Å². The van der Waals surface area contributed by atoms with Crippen LogP contribution >= 0.6 is 0 Å². The zero-order valence-electron chi connectivity index (χ0n) is 13.2. The Morgan fingerprint density at radius 3 is 3.17 bits per heavy atom. The lowest BCUT2D eigenvalue weighted by atomic mass is 10.2. The number of nitrogens with zero attached hydrogens (tertiary/aromatic N) is 5. The highest BCUT2D eigenvalue weighted by atomic mass is 19.1. The van der Waals surface area contributed by atoms with E-state index in [1.54, 1.807) is 19.5 Å². The Kier molecular flexibility index (Phi) is 3.81.